The molecule has 0 aliphatic heterocycles. The molecular formula is C33H36N4O4. The number of nitrogens with one attached hydrogen (secondary N) is 3. The minimum Gasteiger partial charge on any atom is -0.481 e. The maximum Gasteiger partial charge on any atom is 0.305 e. The fourth-order valence-electron chi connectivity index (χ4n) is 4.80. The van der Waals surface area contributed by atoms with Crippen LogP contribution >= 0.6 is 0 Å². The van der Waals surface area contributed by atoms with Gasteiger partial charge in [0.05, 0.1) is 12.5 Å². The molecule has 0 unspecified atom stereocenters. The highest BCUT2D eigenvalue weighted by Crippen LogP contribution is 2.31. The molecule has 1 aromatic heterocycles. The topological polar surface area (TPSA) is 120 Å². The van der Waals surface area contributed by atoms with E-state index in [9.17, 15) is 19.5 Å². The molecule has 8 heteroatoms. The van der Waals surface area contributed by atoms with E-state index in [1.54, 1.807) is 13.1 Å². The van der Waals surface area contributed by atoms with Crippen LogP contribution in [0, 0.1) is 13.8 Å². The van der Waals surface area contributed by atoms with Crippen molar-refractivity contribution in [1.82, 2.24) is 15.6 Å². The Morgan fingerprint density at radius 1 is 0.902 bits per heavy atom. The van der Waals surface area contributed by atoms with Crippen molar-refractivity contribution in [2.75, 3.05) is 11.9 Å². The van der Waals surface area contributed by atoms with Crippen LogP contribution in [0.1, 0.15) is 48.9 Å². The maximum atomic E-state index is 12.9. The molecule has 0 saturated carbocycles. The number of aryl methyl sites for hydroxylation is 2. The summed E-state index contributed by atoms with van der Waals surface area (Å²) in [4.78, 5) is 41.2. The molecule has 4 N–H and O–H groups in total. The van der Waals surface area contributed by atoms with Gasteiger partial charge in [0.25, 0.3) is 0 Å². The van der Waals surface area contributed by atoms with Gasteiger partial charge in [-0.25, -0.2) is 4.98 Å². The van der Waals surface area contributed by atoms with E-state index < -0.39 is 24.0 Å². The Bertz CT molecular complexity index is 1530. The van der Waals surface area contributed by atoms with Gasteiger partial charge in [-0.1, -0.05) is 60.7 Å². The van der Waals surface area contributed by atoms with Crippen molar-refractivity contribution in [3.8, 4) is 11.1 Å². The number of aliphatic carboxylic acids is 1. The number of pyridine rings is 1. The van der Waals surface area contributed by atoms with Gasteiger partial charge in [-0.2, -0.15) is 0 Å². The molecule has 212 valence electrons. The van der Waals surface area contributed by atoms with Crippen LogP contribution < -0.4 is 16.0 Å². The van der Waals surface area contributed by atoms with Crippen molar-refractivity contribution in [3.63, 3.8) is 0 Å². The molecule has 0 saturated heterocycles. The largest absolute Gasteiger partial charge is 0.481 e. The van der Waals surface area contributed by atoms with E-state index in [1.807, 2.05) is 55.5 Å². The third kappa shape index (κ3) is 7.91. The Hall–Kier alpha value is -4.72. The van der Waals surface area contributed by atoms with Crippen LogP contribution in [-0.4, -0.2) is 40.5 Å². The number of fused-ring (bicyclic) bond motifs is 1. The molecule has 0 fully saturated rings. The zero-order valence-electron chi connectivity index (χ0n) is 23.6. The number of amides is 2. The van der Waals surface area contributed by atoms with E-state index >= 15 is 0 Å². The summed E-state index contributed by atoms with van der Waals surface area (Å²) in [5, 5.41) is 20.5. The number of hydrogen-bond donors (Lipinski definition) is 4. The molecule has 0 radical (unpaired) electrons. The summed E-state index contributed by atoms with van der Waals surface area (Å²) in [6.45, 7) is 6.22. The van der Waals surface area contributed by atoms with Crippen LogP contribution in [0.2, 0.25) is 0 Å². The van der Waals surface area contributed by atoms with Gasteiger partial charge in [-0.05, 0) is 77.9 Å². The molecule has 0 bridgehead atoms. The summed E-state index contributed by atoms with van der Waals surface area (Å²) >= 11 is 0. The summed E-state index contributed by atoms with van der Waals surface area (Å²) in [5.74, 6) is -0.976. The summed E-state index contributed by atoms with van der Waals surface area (Å²) in [6.07, 6.45) is 2.25. The van der Waals surface area contributed by atoms with Crippen molar-refractivity contribution in [2.24, 2.45) is 0 Å². The van der Waals surface area contributed by atoms with Crippen LogP contribution in [0.4, 0.5) is 5.82 Å². The number of carbonyl (C=O) groups excluding carboxylic acids is 2. The lowest BCUT2D eigenvalue weighted by molar-refractivity contribution is -0.138. The Balaban J connectivity index is 1.35. The second-order valence-corrected chi connectivity index (χ2v) is 10.3. The Kier molecular flexibility index (Phi) is 9.68. The number of anilines is 1. The molecule has 2 atom stereocenters. The van der Waals surface area contributed by atoms with Crippen LogP contribution in [0.25, 0.3) is 21.9 Å². The molecule has 1 heterocycles. The van der Waals surface area contributed by atoms with Gasteiger partial charge in [0, 0.05) is 19.2 Å². The first kappa shape index (κ1) is 29.3. The Labute approximate surface area is 240 Å². The number of nitrogens with zero attached hydrogens (tertiary/aromatic N) is 1. The molecule has 0 aliphatic carbocycles. The van der Waals surface area contributed by atoms with Crippen LogP contribution in [0.3, 0.4) is 0 Å². The number of rotatable bonds is 12. The predicted octanol–water partition coefficient (Wildman–Crippen LogP) is 5.55. The molecule has 41 heavy (non-hydrogen) atoms. The number of carboxylic acid groups (broad SMARTS) is 1. The average molecular weight is 553 g/mol. The zero-order valence-corrected chi connectivity index (χ0v) is 23.6. The predicted molar refractivity (Wildman–Crippen MR) is 162 cm³/mol. The van der Waals surface area contributed by atoms with Gasteiger partial charge in [0.15, 0.2) is 0 Å². The Morgan fingerprint density at radius 2 is 1.63 bits per heavy atom. The third-order valence-electron chi connectivity index (χ3n) is 7.03. The summed E-state index contributed by atoms with van der Waals surface area (Å²) in [5.41, 5.74) is 5.05. The molecule has 0 aliphatic rings. The number of carbonyl (C=O) groups is 3. The van der Waals surface area contributed by atoms with Crippen molar-refractivity contribution in [3.05, 3.63) is 95.7 Å². The highest BCUT2D eigenvalue weighted by Gasteiger charge is 2.22. The van der Waals surface area contributed by atoms with Crippen LogP contribution in [0.5, 0.6) is 0 Å². The number of carboxylic acids is 1. The molecule has 4 rings (SSSR count). The van der Waals surface area contributed by atoms with Gasteiger partial charge in [0.1, 0.15) is 11.9 Å². The highest BCUT2D eigenvalue weighted by molar-refractivity contribution is 5.98. The lowest BCUT2D eigenvalue weighted by atomic mass is 9.94. The van der Waals surface area contributed by atoms with Crippen molar-refractivity contribution in [2.45, 2.75) is 52.1 Å². The van der Waals surface area contributed by atoms with Gasteiger partial charge in [-0.15, -0.1) is 0 Å². The van der Waals surface area contributed by atoms with E-state index in [0.717, 1.165) is 27.9 Å². The average Bonchev–Trinajstić information content (AvgIpc) is 2.95. The summed E-state index contributed by atoms with van der Waals surface area (Å²) < 4.78 is 0. The second kappa shape index (κ2) is 13.6. The van der Waals surface area contributed by atoms with Crippen molar-refractivity contribution >= 4 is 34.4 Å². The first-order valence-electron chi connectivity index (χ1n) is 13.8. The first-order chi connectivity index (χ1) is 19.7. The molecule has 8 nitrogen and oxygen atoms in total. The SMILES string of the molecule is Cc1ccnc(NCCCC(=O)N[C@@H](C)C(=O)N[C@@H](CC(=O)O)c2ccc(-c3ccc(C)c4ccccc34)cc2)c1. The highest BCUT2D eigenvalue weighted by atomic mass is 16.4. The fourth-order valence-corrected chi connectivity index (χ4v) is 4.80. The zero-order chi connectivity index (χ0) is 29.4. The molecule has 0 spiro atoms. The first-order valence-corrected chi connectivity index (χ1v) is 13.8. The van der Waals surface area contributed by atoms with Crippen molar-refractivity contribution < 1.29 is 19.5 Å². The fraction of sp³-hybridized carbons (Fsp3) is 0.273. The van der Waals surface area contributed by atoms with Crippen LogP contribution in [-0.2, 0) is 14.4 Å². The van der Waals surface area contributed by atoms with Crippen LogP contribution in [0.15, 0.2) is 79.0 Å². The normalized spacial score (nSPS) is 12.4. The smallest absolute Gasteiger partial charge is 0.305 e. The molecule has 2 amide bonds. The second-order valence-electron chi connectivity index (χ2n) is 10.3. The van der Waals surface area contributed by atoms with E-state index in [4.69, 9.17) is 0 Å². The minimum atomic E-state index is -1.03. The summed E-state index contributed by atoms with van der Waals surface area (Å²) in [7, 11) is 0. The molecule has 4 aromatic rings. The Morgan fingerprint density at radius 3 is 2.34 bits per heavy atom. The number of aromatic nitrogens is 1. The molecule has 3 aromatic carbocycles. The number of hydrogen-bond acceptors (Lipinski definition) is 5. The quantitative estimate of drug-likeness (QED) is 0.171. The minimum absolute atomic E-state index is 0.240. The lowest BCUT2D eigenvalue weighted by Crippen LogP contribution is -2.46. The summed E-state index contributed by atoms with van der Waals surface area (Å²) in [6, 6.07) is 22.3. The van der Waals surface area contributed by atoms with E-state index in [0.29, 0.717) is 18.5 Å². The van der Waals surface area contributed by atoms with Gasteiger partial charge in [-0.3, -0.25) is 14.4 Å². The monoisotopic (exact) mass is 552 g/mol. The standard InChI is InChI=1S/C33H36N4O4/c1-21-16-18-35-30(19-21)34-17-6-9-31(38)36-23(3)33(41)37-29(20-32(39)40)25-13-11-24(12-14-25)27-15-10-22(2)26-7-4-5-8-28(26)27/h4-5,7-8,10-16,18-19,23,29H,6,9,17,20H2,1-3H3,(H,34,35)(H,36,38)(H,37,41)(H,39,40)/t23-,29-/m0/s1. The maximum absolute atomic E-state index is 12.9. The lowest BCUT2D eigenvalue weighted by Gasteiger charge is -2.21. The third-order valence-corrected chi connectivity index (χ3v) is 7.03. The van der Waals surface area contributed by atoms with E-state index in [2.05, 4.69) is 52.1 Å². The van der Waals surface area contributed by atoms with Crippen molar-refractivity contribution in [1.29, 1.82) is 0 Å². The van der Waals surface area contributed by atoms with Gasteiger partial charge < -0.3 is 21.1 Å². The van der Waals surface area contributed by atoms with Gasteiger partial charge in [0.2, 0.25) is 11.8 Å². The van der Waals surface area contributed by atoms with E-state index in [-0.39, 0.29) is 18.7 Å². The van der Waals surface area contributed by atoms with E-state index in [1.165, 1.54) is 10.9 Å². The molecular weight excluding hydrogens is 516 g/mol. The van der Waals surface area contributed by atoms with Gasteiger partial charge >= 0.3 is 5.97 Å². The number of benzene rings is 3.